The second kappa shape index (κ2) is 6.89. The molecule has 0 aliphatic heterocycles. The molecule has 0 aliphatic rings. The quantitative estimate of drug-likeness (QED) is 0.553. The topological polar surface area (TPSA) is 80.0 Å². The average Bonchev–Trinajstić information content (AvgIpc) is 2.34. The number of hydrogen-bond acceptors (Lipinski definition) is 5. The van der Waals surface area contributed by atoms with E-state index in [0.29, 0.717) is 12.2 Å². The smallest absolute Gasteiger partial charge is 0.368 e. The minimum absolute atomic E-state index is 0.0714. The van der Waals surface area contributed by atoms with E-state index < -0.39 is 22.5 Å². The Bertz CT molecular complexity index is 481. The van der Waals surface area contributed by atoms with E-state index in [2.05, 4.69) is 15.7 Å². The molecule has 20 heavy (non-hydrogen) atoms. The Balaban J connectivity index is 2.86. The van der Waals surface area contributed by atoms with Crippen molar-refractivity contribution in [3.05, 3.63) is 17.7 Å². The van der Waals surface area contributed by atoms with Gasteiger partial charge in [-0.1, -0.05) is 0 Å². The number of nitrogen functional groups attached to an aromatic ring is 1. The third-order valence-corrected chi connectivity index (χ3v) is 3.34. The summed E-state index contributed by atoms with van der Waals surface area (Å²) in [4.78, 5) is 3.91. The van der Waals surface area contributed by atoms with Crippen LogP contribution in [0.15, 0.2) is 12.1 Å². The van der Waals surface area contributed by atoms with Gasteiger partial charge in [0, 0.05) is 28.9 Å². The lowest BCUT2D eigenvalue weighted by molar-refractivity contribution is -0.137. The van der Waals surface area contributed by atoms with Crippen molar-refractivity contribution >= 4 is 22.4 Å². The van der Waals surface area contributed by atoms with E-state index in [4.69, 9.17) is 5.84 Å². The predicted octanol–water partition coefficient (Wildman–Crippen LogP) is 1.96. The second-order valence-electron chi connectivity index (χ2n) is 4.38. The number of nitrogens with one attached hydrogen (secondary N) is 2. The number of alkyl halides is 3. The van der Waals surface area contributed by atoms with Crippen LogP contribution >= 0.6 is 0 Å². The third-order valence-electron chi connectivity index (χ3n) is 2.53. The zero-order valence-electron chi connectivity index (χ0n) is 11.1. The zero-order chi connectivity index (χ0) is 15.3. The molecule has 4 N–H and O–H groups in total. The van der Waals surface area contributed by atoms with E-state index in [-0.39, 0.29) is 17.7 Å². The second-order valence-corrected chi connectivity index (χ2v) is 5.93. The molecule has 0 saturated heterocycles. The third kappa shape index (κ3) is 5.33. The molecule has 0 aliphatic carbocycles. The van der Waals surface area contributed by atoms with Gasteiger partial charge in [-0.15, -0.1) is 0 Å². The van der Waals surface area contributed by atoms with Gasteiger partial charge in [0.1, 0.15) is 11.6 Å². The number of halogens is 3. The standard InChI is InChI=1S/C11H17F3N4OS/c1-7(3-4-20(2)19)16-9-5-8(11(12,13)14)6-10(17-9)18-15/h5-7H,3-4,15H2,1-2H3,(H2,16,17,18). The zero-order valence-corrected chi connectivity index (χ0v) is 11.9. The highest BCUT2D eigenvalue weighted by Gasteiger charge is 2.31. The summed E-state index contributed by atoms with van der Waals surface area (Å²) in [7, 11) is -0.941. The number of rotatable bonds is 6. The molecule has 0 aromatic carbocycles. The molecule has 0 saturated carbocycles. The summed E-state index contributed by atoms with van der Waals surface area (Å²) >= 11 is 0. The van der Waals surface area contributed by atoms with E-state index in [1.165, 1.54) is 0 Å². The number of pyridine rings is 1. The van der Waals surface area contributed by atoms with Gasteiger partial charge in [-0.05, 0) is 25.5 Å². The van der Waals surface area contributed by atoms with Crippen LogP contribution in [-0.4, -0.2) is 27.2 Å². The first-order chi connectivity index (χ1) is 9.22. The maximum absolute atomic E-state index is 12.7. The molecule has 5 nitrogen and oxygen atoms in total. The van der Waals surface area contributed by atoms with Gasteiger partial charge in [-0.25, -0.2) is 10.8 Å². The molecule has 1 heterocycles. The lowest BCUT2D eigenvalue weighted by Gasteiger charge is -2.16. The Morgan fingerprint density at radius 1 is 1.40 bits per heavy atom. The highest BCUT2D eigenvalue weighted by molar-refractivity contribution is 7.84. The first kappa shape index (κ1) is 16.7. The summed E-state index contributed by atoms with van der Waals surface area (Å²) in [6.45, 7) is 1.78. The number of hydrazine groups is 1. The molecule has 2 atom stereocenters. The van der Waals surface area contributed by atoms with Gasteiger partial charge in [0.15, 0.2) is 0 Å². The number of nitrogens with two attached hydrogens (primary N) is 1. The Morgan fingerprint density at radius 3 is 2.50 bits per heavy atom. The number of hydrogen-bond donors (Lipinski definition) is 3. The monoisotopic (exact) mass is 310 g/mol. The minimum atomic E-state index is -4.47. The van der Waals surface area contributed by atoms with Gasteiger partial charge in [-0.2, -0.15) is 13.2 Å². The Hall–Kier alpha value is -1.35. The van der Waals surface area contributed by atoms with Crippen molar-refractivity contribution in [3.63, 3.8) is 0 Å². The first-order valence-corrected chi connectivity index (χ1v) is 7.57. The summed E-state index contributed by atoms with van der Waals surface area (Å²) in [5.41, 5.74) is 1.26. The van der Waals surface area contributed by atoms with E-state index in [0.717, 1.165) is 12.1 Å². The van der Waals surface area contributed by atoms with E-state index in [1.54, 1.807) is 13.2 Å². The largest absolute Gasteiger partial charge is 0.416 e. The van der Waals surface area contributed by atoms with Crippen molar-refractivity contribution in [2.24, 2.45) is 5.84 Å². The van der Waals surface area contributed by atoms with Gasteiger partial charge in [0.05, 0.1) is 5.56 Å². The summed E-state index contributed by atoms with van der Waals surface area (Å²) in [5, 5.41) is 2.84. The molecular formula is C11H17F3N4OS. The van der Waals surface area contributed by atoms with E-state index in [1.807, 2.05) is 0 Å². The van der Waals surface area contributed by atoms with Crippen LogP contribution in [0.1, 0.15) is 18.9 Å². The highest BCUT2D eigenvalue weighted by Crippen LogP contribution is 2.32. The fourth-order valence-electron chi connectivity index (χ4n) is 1.51. The molecule has 9 heteroatoms. The molecule has 0 fully saturated rings. The summed E-state index contributed by atoms with van der Waals surface area (Å²) in [6.07, 6.45) is -2.34. The van der Waals surface area contributed by atoms with Crippen molar-refractivity contribution in [1.29, 1.82) is 0 Å². The molecule has 2 unspecified atom stereocenters. The van der Waals surface area contributed by atoms with Gasteiger partial charge in [0.25, 0.3) is 0 Å². The van der Waals surface area contributed by atoms with Crippen molar-refractivity contribution in [3.8, 4) is 0 Å². The molecule has 1 aromatic heterocycles. The number of aromatic nitrogens is 1. The average molecular weight is 310 g/mol. The molecule has 114 valence electrons. The molecule has 0 bridgehead atoms. The highest BCUT2D eigenvalue weighted by atomic mass is 32.2. The molecule has 0 radical (unpaired) electrons. The van der Waals surface area contributed by atoms with Crippen LogP contribution in [0.4, 0.5) is 24.8 Å². The first-order valence-electron chi connectivity index (χ1n) is 5.85. The normalized spacial score (nSPS) is 14.7. The molecular weight excluding hydrogens is 293 g/mol. The van der Waals surface area contributed by atoms with Crippen molar-refractivity contribution in [2.75, 3.05) is 22.8 Å². The number of nitrogens with zero attached hydrogens (tertiary/aromatic N) is 1. The van der Waals surface area contributed by atoms with Crippen LogP contribution in [0.5, 0.6) is 0 Å². The lowest BCUT2D eigenvalue weighted by atomic mass is 10.2. The fourth-order valence-corrected chi connectivity index (χ4v) is 2.19. The van der Waals surface area contributed by atoms with Gasteiger partial charge >= 0.3 is 6.18 Å². The summed E-state index contributed by atoms with van der Waals surface area (Å²) in [6, 6.07) is 1.59. The SMILES string of the molecule is CC(CCS(C)=O)Nc1cc(C(F)(F)F)cc(NN)n1. The van der Waals surface area contributed by atoms with Gasteiger partial charge in [0.2, 0.25) is 0 Å². The minimum Gasteiger partial charge on any atom is -0.368 e. The Labute approximate surface area is 117 Å². The van der Waals surface area contributed by atoms with Crippen LogP contribution in [0.2, 0.25) is 0 Å². The van der Waals surface area contributed by atoms with Gasteiger partial charge in [-0.3, -0.25) is 4.21 Å². The molecule has 0 spiro atoms. The van der Waals surface area contributed by atoms with E-state index >= 15 is 0 Å². The van der Waals surface area contributed by atoms with E-state index in [9.17, 15) is 17.4 Å². The molecule has 1 rings (SSSR count). The Morgan fingerprint density at radius 2 is 2.00 bits per heavy atom. The molecule has 1 aromatic rings. The van der Waals surface area contributed by atoms with Crippen LogP contribution < -0.4 is 16.6 Å². The van der Waals surface area contributed by atoms with Gasteiger partial charge < -0.3 is 10.7 Å². The maximum atomic E-state index is 12.7. The van der Waals surface area contributed by atoms with Crippen LogP contribution in [-0.2, 0) is 17.0 Å². The fraction of sp³-hybridized carbons (Fsp3) is 0.545. The van der Waals surface area contributed by atoms with Crippen molar-refractivity contribution in [1.82, 2.24) is 4.98 Å². The Kier molecular flexibility index (Phi) is 5.75. The van der Waals surface area contributed by atoms with Crippen LogP contribution in [0, 0.1) is 0 Å². The van der Waals surface area contributed by atoms with Crippen LogP contribution in [0.3, 0.4) is 0 Å². The van der Waals surface area contributed by atoms with Crippen LogP contribution in [0.25, 0.3) is 0 Å². The summed E-state index contributed by atoms with van der Waals surface area (Å²) in [5.74, 6) is 5.58. The predicted molar refractivity (Wildman–Crippen MR) is 73.7 cm³/mol. The maximum Gasteiger partial charge on any atom is 0.416 e. The van der Waals surface area contributed by atoms with Crippen molar-refractivity contribution < 1.29 is 17.4 Å². The summed E-state index contributed by atoms with van der Waals surface area (Å²) < 4.78 is 49.1. The molecule has 0 amide bonds. The lowest BCUT2D eigenvalue weighted by Crippen LogP contribution is -2.20. The van der Waals surface area contributed by atoms with Crippen molar-refractivity contribution in [2.45, 2.75) is 25.6 Å². The number of anilines is 2.